The van der Waals surface area contributed by atoms with E-state index in [2.05, 4.69) is 11.9 Å². The number of rotatable bonds is 15. The largest absolute Gasteiger partial charge is 0.494 e. The molecule has 0 aromatic heterocycles. The van der Waals surface area contributed by atoms with Crippen LogP contribution < -0.4 is 9.47 Å². The van der Waals surface area contributed by atoms with Crippen LogP contribution in [0.25, 0.3) is 0 Å². The highest BCUT2D eigenvalue weighted by atomic mass is 16.6. The van der Waals surface area contributed by atoms with E-state index in [1.807, 2.05) is 12.1 Å². The molecule has 3 rings (SSSR count). The van der Waals surface area contributed by atoms with Crippen LogP contribution in [0.1, 0.15) is 65.3 Å². The van der Waals surface area contributed by atoms with Crippen molar-refractivity contribution in [2.45, 2.75) is 39.0 Å². The first-order chi connectivity index (χ1) is 18.6. The molecule has 0 heterocycles. The van der Waals surface area contributed by atoms with Crippen molar-refractivity contribution in [2.75, 3.05) is 26.9 Å². The van der Waals surface area contributed by atoms with Gasteiger partial charge in [0.25, 0.3) is 0 Å². The van der Waals surface area contributed by atoms with Gasteiger partial charge in [0, 0.05) is 13.3 Å². The second kappa shape index (κ2) is 16.0. The Morgan fingerprint density at radius 2 is 1.34 bits per heavy atom. The van der Waals surface area contributed by atoms with E-state index in [-0.39, 0.29) is 6.61 Å². The Morgan fingerprint density at radius 1 is 0.711 bits per heavy atom. The molecule has 0 bridgehead atoms. The maximum absolute atomic E-state index is 12.5. The van der Waals surface area contributed by atoms with Crippen LogP contribution in [0.15, 0.2) is 77.8 Å². The third kappa shape index (κ3) is 9.82. The molecule has 200 valence electrons. The van der Waals surface area contributed by atoms with Gasteiger partial charge in [-0.15, -0.1) is 0 Å². The number of hydrogen-bond acceptors (Lipinski definition) is 7. The number of carbonyl (C=O) groups is 2. The first kappa shape index (κ1) is 28.6. The van der Waals surface area contributed by atoms with Crippen LogP contribution in [0.5, 0.6) is 11.5 Å². The molecule has 0 amide bonds. The van der Waals surface area contributed by atoms with Crippen molar-refractivity contribution < 1.29 is 28.5 Å². The lowest BCUT2D eigenvalue weighted by Crippen LogP contribution is -2.09. The van der Waals surface area contributed by atoms with Crippen LogP contribution in [0.4, 0.5) is 5.69 Å². The fourth-order valence-corrected chi connectivity index (χ4v) is 3.50. The van der Waals surface area contributed by atoms with Gasteiger partial charge < -0.3 is 18.9 Å². The minimum Gasteiger partial charge on any atom is -0.494 e. The van der Waals surface area contributed by atoms with Crippen LogP contribution in [-0.4, -0.2) is 45.1 Å². The van der Waals surface area contributed by atoms with Crippen LogP contribution in [0, 0.1) is 0 Å². The Balaban J connectivity index is 1.45. The number of ether oxygens (including phenoxy) is 4. The summed E-state index contributed by atoms with van der Waals surface area (Å²) in [7, 11) is 1.55. The standard InChI is InChI=1S/C31H35NO6/c1-3-4-5-6-7-20-36-28-18-12-26(13-19-28)31(34)38-29-16-8-24(9-17-29)23-32-27-14-10-25(11-15-27)30(33)37-22-21-35-2/h8-19,23H,3-7,20-22H2,1-2H3. The summed E-state index contributed by atoms with van der Waals surface area (Å²) in [6, 6.07) is 20.9. The highest BCUT2D eigenvalue weighted by molar-refractivity contribution is 5.91. The van der Waals surface area contributed by atoms with E-state index in [4.69, 9.17) is 18.9 Å². The van der Waals surface area contributed by atoms with Crippen molar-refractivity contribution in [1.29, 1.82) is 0 Å². The number of benzene rings is 3. The van der Waals surface area contributed by atoms with Crippen molar-refractivity contribution >= 4 is 23.8 Å². The lowest BCUT2D eigenvalue weighted by Gasteiger charge is -2.08. The van der Waals surface area contributed by atoms with E-state index in [0.29, 0.717) is 35.8 Å². The molecule has 0 fully saturated rings. The third-order valence-corrected chi connectivity index (χ3v) is 5.68. The van der Waals surface area contributed by atoms with Gasteiger partial charge in [0.1, 0.15) is 18.1 Å². The zero-order valence-electron chi connectivity index (χ0n) is 22.1. The Bertz CT molecular complexity index is 1150. The molecule has 0 spiro atoms. The number of carbonyl (C=O) groups excluding carboxylic acids is 2. The molecule has 0 radical (unpaired) electrons. The van der Waals surface area contributed by atoms with Crippen molar-refractivity contribution in [2.24, 2.45) is 4.99 Å². The molecule has 0 aliphatic heterocycles. The van der Waals surface area contributed by atoms with Crippen LogP contribution in [-0.2, 0) is 9.47 Å². The van der Waals surface area contributed by atoms with Gasteiger partial charge in [0.15, 0.2) is 0 Å². The quantitative estimate of drug-likeness (QED) is 0.0953. The number of aliphatic imine (C=N–C) groups is 1. The van der Waals surface area contributed by atoms with Crippen LogP contribution in [0.2, 0.25) is 0 Å². The molecule has 0 saturated heterocycles. The molecule has 3 aromatic carbocycles. The zero-order valence-corrected chi connectivity index (χ0v) is 22.1. The molecule has 7 nitrogen and oxygen atoms in total. The highest BCUT2D eigenvalue weighted by Gasteiger charge is 2.09. The molecule has 0 unspecified atom stereocenters. The minimum atomic E-state index is -0.432. The molecule has 38 heavy (non-hydrogen) atoms. The summed E-state index contributed by atoms with van der Waals surface area (Å²) in [5, 5.41) is 0. The first-order valence-corrected chi connectivity index (χ1v) is 12.9. The fraction of sp³-hybridized carbons (Fsp3) is 0.323. The lowest BCUT2D eigenvalue weighted by atomic mass is 10.2. The highest BCUT2D eigenvalue weighted by Crippen LogP contribution is 2.18. The molecule has 0 N–H and O–H groups in total. The first-order valence-electron chi connectivity index (χ1n) is 12.9. The number of hydrogen-bond donors (Lipinski definition) is 0. The molecule has 0 aliphatic rings. The molecule has 0 saturated carbocycles. The van der Waals surface area contributed by atoms with E-state index >= 15 is 0 Å². The topological polar surface area (TPSA) is 83.4 Å². The van der Waals surface area contributed by atoms with E-state index in [9.17, 15) is 9.59 Å². The van der Waals surface area contributed by atoms with E-state index in [1.54, 1.807) is 74.0 Å². The monoisotopic (exact) mass is 517 g/mol. The molecule has 0 aliphatic carbocycles. The van der Waals surface area contributed by atoms with Crippen molar-refractivity contribution in [3.8, 4) is 11.5 Å². The van der Waals surface area contributed by atoms with Crippen molar-refractivity contribution in [1.82, 2.24) is 0 Å². The van der Waals surface area contributed by atoms with Crippen molar-refractivity contribution in [3.63, 3.8) is 0 Å². The van der Waals surface area contributed by atoms with Gasteiger partial charge in [-0.05, 0) is 84.8 Å². The summed E-state index contributed by atoms with van der Waals surface area (Å²) in [4.78, 5) is 28.9. The summed E-state index contributed by atoms with van der Waals surface area (Å²) in [6.07, 6.45) is 7.62. The Hall–Kier alpha value is -3.97. The van der Waals surface area contributed by atoms with Crippen molar-refractivity contribution in [3.05, 3.63) is 89.5 Å². The van der Waals surface area contributed by atoms with Crippen LogP contribution >= 0.6 is 0 Å². The van der Waals surface area contributed by atoms with Gasteiger partial charge in [-0.25, -0.2) is 9.59 Å². The molecule has 3 aromatic rings. The van der Waals surface area contributed by atoms with Crippen LogP contribution in [0.3, 0.4) is 0 Å². The second-order valence-electron chi connectivity index (χ2n) is 8.68. The summed E-state index contributed by atoms with van der Waals surface area (Å²) in [5.41, 5.74) is 2.44. The zero-order chi connectivity index (χ0) is 27.0. The van der Waals surface area contributed by atoms with Gasteiger partial charge in [0.05, 0.1) is 30.0 Å². The maximum atomic E-state index is 12.5. The second-order valence-corrected chi connectivity index (χ2v) is 8.68. The average molecular weight is 518 g/mol. The van der Waals surface area contributed by atoms with Gasteiger partial charge in [0.2, 0.25) is 0 Å². The van der Waals surface area contributed by atoms with Gasteiger partial charge in [-0.3, -0.25) is 4.99 Å². The SMILES string of the molecule is CCCCCCCOc1ccc(C(=O)Oc2ccc(C=Nc3ccc(C(=O)OCCOC)cc3)cc2)cc1. The van der Waals surface area contributed by atoms with E-state index in [1.165, 1.54) is 25.7 Å². The third-order valence-electron chi connectivity index (χ3n) is 5.68. The number of unbranched alkanes of at least 4 members (excludes halogenated alkanes) is 4. The van der Waals surface area contributed by atoms with E-state index < -0.39 is 11.9 Å². The molecular weight excluding hydrogens is 482 g/mol. The summed E-state index contributed by atoms with van der Waals surface area (Å²) in [6.45, 7) is 3.44. The smallest absolute Gasteiger partial charge is 0.343 e. The fourth-order valence-electron chi connectivity index (χ4n) is 3.50. The van der Waals surface area contributed by atoms with Gasteiger partial charge >= 0.3 is 11.9 Å². The minimum absolute atomic E-state index is 0.209. The van der Waals surface area contributed by atoms with Gasteiger partial charge in [-0.1, -0.05) is 32.6 Å². The lowest BCUT2D eigenvalue weighted by molar-refractivity contribution is 0.0388. The normalized spacial score (nSPS) is 10.9. The predicted octanol–water partition coefficient (Wildman–Crippen LogP) is 6.81. The number of methoxy groups -OCH3 is 1. The van der Waals surface area contributed by atoms with E-state index in [0.717, 1.165) is 17.7 Å². The Labute approximate surface area is 224 Å². The number of nitrogens with zero attached hydrogens (tertiary/aromatic N) is 1. The molecule has 7 heteroatoms. The summed E-state index contributed by atoms with van der Waals surface area (Å²) >= 11 is 0. The molecular formula is C31H35NO6. The molecule has 0 atom stereocenters. The Morgan fingerprint density at radius 3 is 2.03 bits per heavy atom. The summed E-state index contributed by atoms with van der Waals surface area (Å²) in [5.74, 6) is 0.353. The predicted molar refractivity (Wildman–Crippen MR) is 148 cm³/mol. The van der Waals surface area contributed by atoms with Gasteiger partial charge in [-0.2, -0.15) is 0 Å². The summed E-state index contributed by atoms with van der Waals surface area (Å²) < 4.78 is 21.2. The Kier molecular flexibility index (Phi) is 12.0. The average Bonchev–Trinajstić information content (AvgIpc) is 2.95. The number of esters is 2. The maximum Gasteiger partial charge on any atom is 0.343 e.